The quantitative estimate of drug-likeness (QED) is 0.804. The Bertz CT molecular complexity index is 1010. The number of aryl methyl sites for hydroxylation is 1. The van der Waals surface area contributed by atoms with Gasteiger partial charge in [-0.25, -0.2) is 9.37 Å². The molecule has 3 heterocycles. The number of aromatic nitrogens is 4. The Hall–Kier alpha value is -3.04. The molecule has 2 aromatic heterocycles. The van der Waals surface area contributed by atoms with Crippen molar-refractivity contribution in [2.75, 3.05) is 6.54 Å². The van der Waals surface area contributed by atoms with Crippen molar-refractivity contribution < 1.29 is 14.0 Å². The van der Waals surface area contributed by atoms with E-state index < -0.39 is 11.6 Å². The van der Waals surface area contributed by atoms with Gasteiger partial charge in [0.25, 0.3) is 17.4 Å². The molecule has 1 N–H and O–H groups in total. The summed E-state index contributed by atoms with van der Waals surface area (Å²) in [4.78, 5) is 43.2. The van der Waals surface area contributed by atoms with Crippen LogP contribution in [0.3, 0.4) is 0 Å². The molecular formula is C19H23FN6O3. The molecule has 9 nitrogen and oxygen atoms in total. The van der Waals surface area contributed by atoms with Crippen molar-refractivity contribution in [1.82, 2.24) is 29.5 Å². The number of rotatable bonds is 4. The first kappa shape index (κ1) is 19.3. The Morgan fingerprint density at radius 3 is 2.72 bits per heavy atom. The Balaban J connectivity index is 1.50. The standard InChI is InChI=1S/C19H23FN6O3/c1-24-11-13(9-22-24)17(28)21-10-14-8-16(27)26-7-3-6-25(12-15(26)23-14)18(29)19(20)4-2-5-19/h8-9,11H,2-7,10,12H2,1H3,(H,21,28). The van der Waals surface area contributed by atoms with Crippen LogP contribution in [0, 0.1) is 0 Å². The summed E-state index contributed by atoms with van der Waals surface area (Å²) in [6.45, 7) is 0.967. The zero-order valence-electron chi connectivity index (χ0n) is 16.2. The zero-order valence-corrected chi connectivity index (χ0v) is 16.2. The summed E-state index contributed by atoms with van der Waals surface area (Å²) in [5, 5.41) is 6.66. The molecular weight excluding hydrogens is 379 g/mol. The Labute approximate surface area is 166 Å². The number of carbonyl (C=O) groups excluding carboxylic acids is 2. The lowest BCUT2D eigenvalue weighted by Gasteiger charge is -2.36. The monoisotopic (exact) mass is 402 g/mol. The van der Waals surface area contributed by atoms with E-state index in [2.05, 4.69) is 15.4 Å². The first-order valence-corrected chi connectivity index (χ1v) is 9.70. The van der Waals surface area contributed by atoms with Gasteiger partial charge in [-0.15, -0.1) is 0 Å². The lowest BCUT2D eigenvalue weighted by atomic mass is 9.81. The molecule has 0 radical (unpaired) electrons. The first-order valence-electron chi connectivity index (χ1n) is 9.70. The number of alkyl halides is 1. The molecule has 0 aromatic carbocycles. The minimum atomic E-state index is -1.77. The number of nitrogens with one attached hydrogen (secondary N) is 1. The maximum absolute atomic E-state index is 14.6. The minimum absolute atomic E-state index is 0.0673. The van der Waals surface area contributed by atoms with Gasteiger partial charge in [-0.3, -0.25) is 23.6 Å². The third kappa shape index (κ3) is 3.79. The number of fused-ring (bicyclic) bond motifs is 1. The molecule has 0 bridgehead atoms. The van der Waals surface area contributed by atoms with E-state index in [0.717, 1.165) is 0 Å². The lowest BCUT2D eigenvalue weighted by Crippen LogP contribution is -2.50. The van der Waals surface area contributed by atoms with Crippen LogP contribution >= 0.6 is 0 Å². The molecule has 1 aliphatic heterocycles. The summed E-state index contributed by atoms with van der Waals surface area (Å²) in [5.41, 5.74) is -1.21. The first-order chi connectivity index (χ1) is 13.9. The predicted molar refractivity (Wildman–Crippen MR) is 101 cm³/mol. The second-order valence-corrected chi connectivity index (χ2v) is 7.64. The summed E-state index contributed by atoms with van der Waals surface area (Å²) < 4.78 is 17.6. The SMILES string of the molecule is Cn1cc(C(=O)NCc2cc(=O)n3c(n2)CN(C(=O)C2(F)CCC2)CCC3)cn1. The van der Waals surface area contributed by atoms with Crippen LogP contribution < -0.4 is 10.9 Å². The van der Waals surface area contributed by atoms with Gasteiger partial charge in [-0.1, -0.05) is 0 Å². The molecule has 10 heteroatoms. The molecule has 0 saturated heterocycles. The van der Waals surface area contributed by atoms with Crippen LogP contribution in [0.25, 0.3) is 0 Å². The number of hydrogen-bond donors (Lipinski definition) is 1. The summed E-state index contributed by atoms with van der Waals surface area (Å²) in [5.74, 6) is -0.422. The molecule has 0 unspecified atom stereocenters. The molecule has 1 aliphatic carbocycles. The number of hydrogen-bond acceptors (Lipinski definition) is 5. The van der Waals surface area contributed by atoms with Crippen molar-refractivity contribution in [2.24, 2.45) is 7.05 Å². The van der Waals surface area contributed by atoms with Crippen LogP contribution in [0.1, 0.15) is 47.6 Å². The molecule has 4 rings (SSSR count). The summed E-state index contributed by atoms with van der Waals surface area (Å²) in [6.07, 6.45) is 4.82. The smallest absolute Gasteiger partial charge is 0.260 e. The highest BCUT2D eigenvalue weighted by Crippen LogP contribution is 2.37. The van der Waals surface area contributed by atoms with Gasteiger partial charge >= 0.3 is 0 Å². The van der Waals surface area contributed by atoms with Crippen molar-refractivity contribution in [3.63, 3.8) is 0 Å². The predicted octanol–water partition coefficient (Wildman–Crippen LogP) is 0.531. The highest BCUT2D eigenvalue weighted by atomic mass is 19.1. The van der Waals surface area contributed by atoms with Gasteiger partial charge in [0.2, 0.25) is 0 Å². The van der Waals surface area contributed by atoms with Crippen LogP contribution in [0.2, 0.25) is 0 Å². The number of carbonyl (C=O) groups is 2. The molecule has 1 fully saturated rings. The van der Waals surface area contributed by atoms with E-state index in [9.17, 15) is 18.8 Å². The summed E-state index contributed by atoms with van der Waals surface area (Å²) in [7, 11) is 1.71. The van der Waals surface area contributed by atoms with Crippen LogP contribution in [0.5, 0.6) is 0 Å². The highest BCUT2D eigenvalue weighted by molar-refractivity contribution is 5.93. The Morgan fingerprint density at radius 2 is 2.07 bits per heavy atom. The fourth-order valence-electron chi connectivity index (χ4n) is 3.70. The molecule has 2 aromatic rings. The maximum atomic E-state index is 14.6. The van der Waals surface area contributed by atoms with Gasteiger partial charge in [0.1, 0.15) is 5.82 Å². The van der Waals surface area contributed by atoms with E-state index in [1.165, 1.54) is 26.4 Å². The van der Waals surface area contributed by atoms with Crippen molar-refractivity contribution in [3.05, 3.63) is 45.9 Å². The number of halogens is 1. The van der Waals surface area contributed by atoms with Crippen molar-refractivity contribution in [2.45, 2.75) is 51.0 Å². The molecule has 2 aliphatic rings. The van der Waals surface area contributed by atoms with Crippen molar-refractivity contribution in [3.8, 4) is 0 Å². The molecule has 0 spiro atoms. The Morgan fingerprint density at radius 1 is 1.28 bits per heavy atom. The fraction of sp³-hybridized carbons (Fsp3) is 0.526. The molecule has 29 heavy (non-hydrogen) atoms. The lowest BCUT2D eigenvalue weighted by molar-refractivity contribution is -0.150. The van der Waals surface area contributed by atoms with E-state index in [-0.39, 0.29) is 37.4 Å². The van der Waals surface area contributed by atoms with Crippen LogP contribution in [-0.2, 0) is 31.5 Å². The van der Waals surface area contributed by atoms with E-state index in [0.29, 0.717) is 43.0 Å². The zero-order chi connectivity index (χ0) is 20.6. The van der Waals surface area contributed by atoms with Crippen LogP contribution in [0.4, 0.5) is 4.39 Å². The second kappa shape index (κ2) is 7.41. The van der Waals surface area contributed by atoms with Gasteiger partial charge in [-0.05, 0) is 25.7 Å². The van der Waals surface area contributed by atoms with Crippen LogP contribution in [-0.4, -0.2) is 48.3 Å². The van der Waals surface area contributed by atoms with Crippen molar-refractivity contribution >= 4 is 11.8 Å². The van der Waals surface area contributed by atoms with E-state index in [4.69, 9.17) is 0 Å². The van der Waals surface area contributed by atoms with Gasteiger partial charge < -0.3 is 10.2 Å². The molecule has 1 saturated carbocycles. The average molecular weight is 402 g/mol. The third-order valence-electron chi connectivity index (χ3n) is 5.50. The third-order valence-corrected chi connectivity index (χ3v) is 5.50. The van der Waals surface area contributed by atoms with E-state index in [1.807, 2.05) is 0 Å². The molecule has 0 atom stereocenters. The second-order valence-electron chi connectivity index (χ2n) is 7.64. The van der Waals surface area contributed by atoms with Gasteiger partial charge in [0, 0.05) is 32.4 Å². The van der Waals surface area contributed by atoms with E-state index >= 15 is 0 Å². The fourth-order valence-corrected chi connectivity index (χ4v) is 3.70. The molecule has 154 valence electrons. The number of nitrogens with zero attached hydrogens (tertiary/aromatic N) is 5. The van der Waals surface area contributed by atoms with Gasteiger partial charge in [-0.2, -0.15) is 5.10 Å². The topological polar surface area (TPSA) is 102 Å². The normalized spacial score (nSPS) is 17.8. The maximum Gasteiger partial charge on any atom is 0.260 e. The van der Waals surface area contributed by atoms with Gasteiger partial charge in [0.05, 0.1) is 30.5 Å². The van der Waals surface area contributed by atoms with Crippen molar-refractivity contribution in [1.29, 1.82) is 0 Å². The Kier molecular flexibility index (Phi) is 4.93. The molecule has 2 amide bonds. The summed E-state index contributed by atoms with van der Waals surface area (Å²) in [6, 6.07) is 1.38. The largest absolute Gasteiger partial charge is 0.346 e. The van der Waals surface area contributed by atoms with Gasteiger partial charge in [0.15, 0.2) is 5.67 Å². The number of amides is 2. The van der Waals surface area contributed by atoms with E-state index in [1.54, 1.807) is 13.2 Å². The average Bonchev–Trinajstić information content (AvgIpc) is 2.98. The summed E-state index contributed by atoms with van der Waals surface area (Å²) >= 11 is 0. The van der Waals surface area contributed by atoms with Crippen LogP contribution in [0.15, 0.2) is 23.3 Å². The highest BCUT2D eigenvalue weighted by Gasteiger charge is 2.47. The minimum Gasteiger partial charge on any atom is -0.346 e.